The van der Waals surface area contributed by atoms with Crippen molar-refractivity contribution in [1.82, 2.24) is 4.98 Å². The van der Waals surface area contributed by atoms with Gasteiger partial charge in [-0.2, -0.15) is 0 Å². The van der Waals surface area contributed by atoms with Crippen molar-refractivity contribution in [2.45, 2.75) is 6.61 Å². The third-order valence-electron chi connectivity index (χ3n) is 1.05. The molecule has 0 aliphatic rings. The highest BCUT2D eigenvalue weighted by Gasteiger charge is 1.92. The van der Waals surface area contributed by atoms with Crippen molar-refractivity contribution >= 4 is 16.3 Å². The number of pyridine rings is 1. The Bertz CT molecular complexity index is 176. The molecule has 1 aromatic heterocycles. The van der Waals surface area contributed by atoms with E-state index in [0.29, 0.717) is 11.4 Å². The fourth-order valence-corrected chi connectivity index (χ4v) is 0.742. The van der Waals surface area contributed by atoms with Crippen LogP contribution in [-0.4, -0.2) is 10.1 Å². The Balaban J connectivity index is 2.80. The Kier molecular flexibility index (Phi) is 2.65. The van der Waals surface area contributed by atoms with Crippen molar-refractivity contribution in [3.05, 3.63) is 24.0 Å². The summed E-state index contributed by atoms with van der Waals surface area (Å²) in [5.41, 5.74) is 0.633. The van der Waals surface area contributed by atoms with E-state index in [0.717, 1.165) is 0 Å². The van der Waals surface area contributed by atoms with Crippen LogP contribution in [-0.2, 0) is 6.61 Å². The molecule has 0 amide bonds. The number of rotatable bonds is 2. The number of nitrogens with zero attached hydrogens (tertiary/aromatic N) is 1. The molecule has 10 heavy (non-hydrogen) atoms. The minimum Gasteiger partial charge on any atom is -0.416 e. The molecule has 0 unspecified atom stereocenters. The summed E-state index contributed by atoms with van der Waals surface area (Å²) in [5, 5.41) is 8.59. The highest BCUT2D eigenvalue weighted by Crippen LogP contribution is 2.10. The van der Waals surface area contributed by atoms with Crippen molar-refractivity contribution in [1.29, 1.82) is 0 Å². The summed E-state index contributed by atoms with van der Waals surface area (Å²) in [5.74, 6) is 0.622. The monoisotopic (exact) mass is 203 g/mol. The van der Waals surface area contributed by atoms with Crippen LogP contribution in [0.2, 0.25) is 0 Å². The third-order valence-corrected chi connectivity index (χ3v) is 1.42. The van der Waals surface area contributed by atoms with Crippen LogP contribution in [0.1, 0.15) is 5.69 Å². The largest absolute Gasteiger partial charge is 0.416 e. The van der Waals surface area contributed by atoms with Crippen LogP contribution < -0.4 is 3.83 Å². The molecule has 1 N–H and O–H groups in total. The van der Waals surface area contributed by atoms with Gasteiger partial charge in [-0.1, -0.05) is 0 Å². The predicted molar refractivity (Wildman–Crippen MR) is 39.7 cm³/mol. The van der Waals surface area contributed by atoms with E-state index < -0.39 is 0 Å². The van der Waals surface area contributed by atoms with Gasteiger partial charge in [0, 0.05) is 0 Å². The summed E-state index contributed by atoms with van der Waals surface area (Å²) in [6.45, 7) is -0.0391. The SMILES string of the molecule is OCc1ccc(OBr)cn1. The zero-order valence-corrected chi connectivity index (χ0v) is 6.71. The standard InChI is InChI=1S/C6H6BrNO2/c7-10-6-2-1-5(4-9)8-3-6/h1-3,9H,4H2. The van der Waals surface area contributed by atoms with Crippen LogP contribution in [0.4, 0.5) is 0 Å². The topological polar surface area (TPSA) is 42.4 Å². The Labute approximate surface area is 67.1 Å². The van der Waals surface area contributed by atoms with Gasteiger partial charge in [-0.3, -0.25) is 4.98 Å². The van der Waals surface area contributed by atoms with Gasteiger partial charge < -0.3 is 8.93 Å². The van der Waals surface area contributed by atoms with Crippen molar-refractivity contribution in [2.75, 3.05) is 0 Å². The molecule has 0 bridgehead atoms. The second-order valence-corrected chi connectivity index (χ2v) is 2.04. The molecule has 0 spiro atoms. The Morgan fingerprint density at radius 3 is 2.80 bits per heavy atom. The van der Waals surface area contributed by atoms with E-state index in [-0.39, 0.29) is 6.61 Å². The van der Waals surface area contributed by atoms with E-state index in [1.807, 2.05) is 0 Å². The van der Waals surface area contributed by atoms with Gasteiger partial charge in [-0.15, -0.1) is 0 Å². The minimum atomic E-state index is -0.0391. The molecule has 0 aliphatic heterocycles. The van der Waals surface area contributed by atoms with Crippen LogP contribution in [0.3, 0.4) is 0 Å². The highest BCUT2D eigenvalue weighted by molar-refractivity contribution is 9.06. The van der Waals surface area contributed by atoms with Crippen LogP contribution in [0.15, 0.2) is 18.3 Å². The summed E-state index contributed by atoms with van der Waals surface area (Å²) in [7, 11) is 0. The Morgan fingerprint density at radius 1 is 1.60 bits per heavy atom. The maximum Gasteiger partial charge on any atom is 0.179 e. The van der Waals surface area contributed by atoms with Gasteiger partial charge in [0.05, 0.1) is 18.5 Å². The van der Waals surface area contributed by atoms with E-state index >= 15 is 0 Å². The number of aliphatic hydroxyl groups excluding tert-OH is 1. The maximum absolute atomic E-state index is 8.59. The number of halogens is 1. The van der Waals surface area contributed by atoms with Gasteiger partial charge in [0.2, 0.25) is 0 Å². The zero-order chi connectivity index (χ0) is 7.40. The highest BCUT2D eigenvalue weighted by atomic mass is 79.9. The molecule has 1 rings (SSSR count). The lowest BCUT2D eigenvalue weighted by Crippen LogP contribution is -1.87. The first-order chi connectivity index (χ1) is 4.86. The molecule has 0 fully saturated rings. The number of aliphatic hydroxyl groups is 1. The summed E-state index contributed by atoms with van der Waals surface area (Å²) in [6.07, 6.45) is 1.53. The number of aromatic nitrogens is 1. The van der Waals surface area contributed by atoms with Gasteiger partial charge >= 0.3 is 0 Å². The molecule has 4 heteroatoms. The van der Waals surface area contributed by atoms with E-state index in [2.05, 4.69) is 25.1 Å². The second kappa shape index (κ2) is 3.53. The van der Waals surface area contributed by atoms with Crippen molar-refractivity contribution < 1.29 is 8.93 Å². The third kappa shape index (κ3) is 1.68. The Morgan fingerprint density at radius 2 is 2.40 bits per heavy atom. The van der Waals surface area contributed by atoms with Gasteiger partial charge in [0.1, 0.15) is 0 Å². The number of hydrogen-bond acceptors (Lipinski definition) is 3. The van der Waals surface area contributed by atoms with Gasteiger partial charge in [0.25, 0.3) is 0 Å². The molecule has 0 radical (unpaired) electrons. The van der Waals surface area contributed by atoms with E-state index in [9.17, 15) is 0 Å². The fourth-order valence-electron chi connectivity index (χ4n) is 0.550. The first-order valence-corrected chi connectivity index (χ1v) is 3.36. The van der Waals surface area contributed by atoms with Crippen LogP contribution >= 0.6 is 16.3 Å². The van der Waals surface area contributed by atoms with E-state index in [1.54, 1.807) is 12.1 Å². The molecule has 0 aliphatic carbocycles. The predicted octanol–water partition coefficient (Wildman–Crippen LogP) is 1.26. The van der Waals surface area contributed by atoms with Crippen molar-refractivity contribution in [3.8, 4) is 5.75 Å². The lowest BCUT2D eigenvalue weighted by atomic mass is 10.3. The number of hydrogen-bond donors (Lipinski definition) is 1. The molecular weight excluding hydrogens is 198 g/mol. The average molecular weight is 204 g/mol. The Hall–Kier alpha value is -0.610. The van der Waals surface area contributed by atoms with Crippen LogP contribution in [0.25, 0.3) is 0 Å². The molecular formula is C6H6BrNO2. The molecule has 1 aromatic rings. The van der Waals surface area contributed by atoms with Gasteiger partial charge in [-0.25, -0.2) is 0 Å². The summed E-state index contributed by atoms with van der Waals surface area (Å²) < 4.78 is 4.68. The zero-order valence-electron chi connectivity index (χ0n) is 5.12. The van der Waals surface area contributed by atoms with Crippen LogP contribution in [0, 0.1) is 0 Å². The van der Waals surface area contributed by atoms with E-state index in [4.69, 9.17) is 5.11 Å². The van der Waals surface area contributed by atoms with Gasteiger partial charge in [0.15, 0.2) is 22.0 Å². The van der Waals surface area contributed by atoms with E-state index in [1.165, 1.54) is 6.20 Å². The quantitative estimate of drug-likeness (QED) is 0.788. The lowest BCUT2D eigenvalue weighted by Gasteiger charge is -1.95. The first-order valence-electron chi connectivity index (χ1n) is 2.71. The molecule has 0 saturated heterocycles. The first kappa shape index (κ1) is 7.50. The van der Waals surface area contributed by atoms with Crippen LogP contribution in [0.5, 0.6) is 5.75 Å². The molecule has 3 nitrogen and oxygen atoms in total. The maximum atomic E-state index is 8.59. The van der Waals surface area contributed by atoms with Gasteiger partial charge in [-0.05, 0) is 12.1 Å². The lowest BCUT2D eigenvalue weighted by molar-refractivity contribution is 0.277. The second-order valence-electron chi connectivity index (χ2n) is 1.72. The molecule has 1 heterocycles. The normalized spacial score (nSPS) is 9.40. The molecule has 0 saturated carbocycles. The molecule has 0 aromatic carbocycles. The smallest absolute Gasteiger partial charge is 0.179 e. The summed E-state index contributed by atoms with van der Waals surface area (Å²) in [4.78, 5) is 3.86. The van der Waals surface area contributed by atoms with Crippen molar-refractivity contribution in [3.63, 3.8) is 0 Å². The van der Waals surface area contributed by atoms with Crippen molar-refractivity contribution in [2.24, 2.45) is 0 Å². The summed E-state index contributed by atoms with van der Waals surface area (Å²) >= 11 is 2.80. The molecule has 0 atom stereocenters. The fraction of sp³-hybridized carbons (Fsp3) is 0.167. The average Bonchev–Trinajstić information content (AvgIpc) is 2.05. The minimum absolute atomic E-state index is 0.0391. The summed E-state index contributed by atoms with van der Waals surface area (Å²) in [6, 6.07) is 3.41. The molecule has 54 valence electrons.